The van der Waals surface area contributed by atoms with E-state index in [2.05, 4.69) is 48.2 Å². The molecule has 6 heteroatoms. The van der Waals surface area contributed by atoms with Gasteiger partial charge in [0.15, 0.2) is 6.19 Å². The van der Waals surface area contributed by atoms with Crippen LogP contribution in [0.15, 0.2) is 4.99 Å². The molecule has 0 spiro atoms. The number of hydrogen-bond donors (Lipinski definition) is 2. The highest BCUT2D eigenvalue weighted by molar-refractivity contribution is 5.81. The van der Waals surface area contributed by atoms with Crippen molar-refractivity contribution in [3.05, 3.63) is 0 Å². The molecule has 0 aliphatic carbocycles. The third-order valence-electron chi connectivity index (χ3n) is 3.27. The molecule has 1 fully saturated rings. The zero-order valence-corrected chi connectivity index (χ0v) is 13.8. The number of nitriles is 1. The van der Waals surface area contributed by atoms with Gasteiger partial charge in [-0.25, -0.2) is 0 Å². The van der Waals surface area contributed by atoms with Gasteiger partial charge >= 0.3 is 0 Å². The highest BCUT2D eigenvalue weighted by atomic mass is 16.5. The zero-order chi connectivity index (χ0) is 15.7. The Morgan fingerprint density at radius 2 is 2.05 bits per heavy atom. The summed E-state index contributed by atoms with van der Waals surface area (Å²) in [5.41, 5.74) is 0.248. The number of ether oxygens (including phenoxy) is 1. The molecule has 1 saturated heterocycles. The molecule has 1 aliphatic heterocycles. The molecule has 0 aromatic heterocycles. The topological polar surface area (TPSA) is 72.7 Å². The lowest BCUT2D eigenvalue weighted by molar-refractivity contribution is 0.0394. The van der Waals surface area contributed by atoms with Gasteiger partial charge in [-0.3, -0.25) is 15.2 Å². The van der Waals surface area contributed by atoms with Crippen LogP contribution in [0.5, 0.6) is 0 Å². The maximum atomic E-state index is 8.82. The number of nitrogens with zero attached hydrogens (tertiary/aromatic N) is 3. The Kier molecular flexibility index (Phi) is 7.48. The van der Waals surface area contributed by atoms with Gasteiger partial charge in [-0.1, -0.05) is 20.8 Å². The summed E-state index contributed by atoms with van der Waals surface area (Å²) in [6.07, 6.45) is 2.96. The molecule has 1 aliphatic rings. The van der Waals surface area contributed by atoms with E-state index >= 15 is 0 Å². The Hall–Kier alpha value is -1.32. The minimum absolute atomic E-state index is 0.248. The summed E-state index contributed by atoms with van der Waals surface area (Å²) in [6, 6.07) is 0.271. The van der Waals surface area contributed by atoms with Gasteiger partial charge < -0.3 is 10.1 Å². The molecule has 1 unspecified atom stereocenters. The van der Waals surface area contributed by atoms with Gasteiger partial charge in [-0.2, -0.15) is 5.26 Å². The first kappa shape index (κ1) is 17.7. The standard InChI is InChI=1S/C15H29N5O/c1-13(11-15(2,3)4)19-14(18-12-16)17-5-6-20-7-9-21-10-8-20/h13H,5-11H2,1-4H3,(H2,17,18,19). The molecule has 120 valence electrons. The van der Waals surface area contributed by atoms with Crippen molar-refractivity contribution in [3.8, 4) is 6.19 Å². The SMILES string of the molecule is CC(CC(C)(C)C)NC(=NCCN1CCOCC1)NC#N. The minimum Gasteiger partial charge on any atom is -0.379 e. The fraction of sp³-hybridized carbons (Fsp3) is 0.867. The third-order valence-corrected chi connectivity index (χ3v) is 3.27. The summed E-state index contributed by atoms with van der Waals surface area (Å²) in [6.45, 7) is 13.8. The molecule has 21 heavy (non-hydrogen) atoms. The average molecular weight is 295 g/mol. The Morgan fingerprint density at radius 3 is 2.62 bits per heavy atom. The van der Waals surface area contributed by atoms with Gasteiger partial charge in [0, 0.05) is 25.7 Å². The molecule has 0 radical (unpaired) electrons. The molecular formula is C15H29N5O. The molecule has 2 N–H and O–H groups in total. The first-order chi connectivity index (χ1) is 9.90. The number of guanidine groups is 1. The predicted molar refractivity (Wildman–Crippen MR) is 85.0 cm³/mol. The van der Waals surface area contributed by atoms with E-state index in [1.165, 1.54) is 0 Å². The fourth-order valence-corrected chi connectivity index (χ4v) is 2.51. The second-order valence-electron chi connectivity index (χ2n) is 6.73. The van der Waals surface area contributed by atoms with Gasteiger partial charge in [0.1, 0.15) is 0 Å². The quantitative estimate of drug-likeness (QED) is 0.345. The maximum Gasteiger partial charge on any atom is 0.204 e. The summed E-state index contributed by atoms with van der Waals surface area (Å²) in [7, 11) is 0. The van der Waals surface area contributed by atoms with Crippen LogP contribution in [0.3, 0.4) is 0 Å². The lowest BCUT2D eigenvalue weighted by Gasteiger charge is -2.26. The predicted octanol–water partition coefficient (Wildman–Crippen LogP) is 1.16. The third kappa shape index (κ3) is 8.53. The van der Waals surface area contributed by atoms with Gasteiger partial charge in [0.05, 0.1) is 19.8 Å². The molecule has 1 rings (SSSR count). The van der Waals surface area contributed by atoms with Crippen LogP contribution in [0.4, 0.5) is 0 Å². The molecule has 0 aromatic rings. The van der Waals surface area contributed by atoms with Crippen molar-refractivity contribution in [2.75, 3.05) is 39.4 Å². The monoisotopic (exact) mass is 295 g/mol. The number of aliphatic imine (C=N–C) groups is 1. The summed E-state index contributed by atoms with van der Waals surface area (Å²) >= 11 is 0. The molecule has 1 atom stereocenters. The van der Waals surface area contributed by atoms with Crippen LogP contribution in [0.25, 0.3) is 0 Å². The first-order valence-corrected chi connectivity index (χ1v) is 7.67. The van der Waals surface area contributed by atoms with Crippen molar-refractivity contribution in [1.29, 1.82) is 5.26 Å². The number of rotatable bonds is 5. The van der Waals surface area contributed by atoms with Crippen molar-refractivity contribution >= 4 is 5.96 Å². The normalized spacial score (nSPS) is 18.9. The maximum absolute atomic E-state index is 8.82. The van der Waals surface area contributed by atoms with E-state index in [0.717, 1.165) is 39.3 Å². The van der Waals surface area contributed by atoms with Crippen LogP contribution in [0.2, 0.25) is 0 Å². The smallest absolute Gasteiger partial charge is 0.204 e. The van der Waals surface area contributed by atoms with E-state index in [1.54, 1.807) is 0 Å². The van der Waals surface area contributed by atoms with Gasteiger partial charge in [0.25, 0.3) is 0 Å². The number of nitrogens with one attached hydrogen (secondary N) is 2. The largest absolute Gasteiger partial charge is 0.379 e. The van der Waals surface area contributed by atoms with Gasteiger partial charge in [-0.05, 0) is 18.8 Å². The van der Waals surface area contributed by atoms with Crippen LogP contribution in [-0.2, 0) is 4.74 Å². The lowest BCUT2D eigenvalue weighted by Crippen LogP contribution is -2.42. The molecule has 0 saturated carbocycles. The Morgan fingerprint density at radius 1 is 1.38 bits per heavy atom. The van der Waals surface area contributed by atoms with Gasteiger partial charge in [-0.15, -0.1) is 0 Å². The van der Waals surface area contributed by atoms with Crippen LogP contribution >= 0.6 is 0 Å². The van der Waals surface area contributed by atoms with Crippen molar-refractivity contribution in [3.63, 3.8) is 0 Å². The highest BCUT2D eigenvalue weighted by Crippen LogP contribution is 2.20. The van der Waals surface area contributed by atoms with Crippen LogP contribution in [0, 0.1) is 16.9 Å². The average Bonchev–Trinajstić information content (AvgIpc) is 2.38. The van der Waals surface area contributed by atoms with E-state index in [-0.39, 0.29) is 11.5 Å². The van der Waals surface area contributed by atoms with Crippen molar-refractivity contribution in [1.82, 2.24) is 15.5 Å². The van der Waals surface area contributed by atoms with Gasteiger partial charge in [0.2, 0.25) is 5.96 Å². The second kappa shape index (κ2) is 8.85. The minimum atomic E-state index is 0.248. The van der Waals surface area contributed by atoms with Crippen LogP contribution in [0.1, 0.15) is 34.1 Å². The Bertz CT molecular complexity index is 363. The number of hydrogen-bond acceptors (Lipinski definition) is 4. The molecule has 0 aromatic carbocycles. The van der Waals surface area contributed by atoms with Crippen molar-refractivity contribution in [2.24, 2.45) is 10.4 Å². The van der Waals surface area contributed by atoms with E-state index in [1.807, 2.05) is 6.19 Å². The van der Waals surface area contributed by atoms with E-state index in [4.69, 9.17) is 10.00 Å². The van der Waals surface area contributed by atoms with E-state index < -0.39 is 0 Å². The summed E-state index contributed by atoms with van der Waals surface area (Å²) < 4.78 is 5.32. The van der Waals surface area contributed by atoms with E-state index in [0.29, 0.717) is 12.5 Å². The number of morpholine rings is 1. The molecule has 6 nitrogen and oxygen atoms in total. The Balaban J connectivity index is 2.40. The molecule has 0 amide bonds. The van der Waals surface area contributed by atoms with Crippen LogP contribution < -0.4 is 10.6 Å². The van der Waals surface area contributed by atoms with E-state index in [9.17, 15) is 0 Å². The Labute approximate surface area is 128 Å². The first-order valence-electron chi connectivity index (χ1n) is 7.67. The lowest BCUT2D eigenvalue weighted by atomic mass is 9.89. The summed E-state index contributed by atoms with van der Waals surface area (Å²) in [5.74, 6) is 0.572. The second-order valence-corrected chi connectivity index (χ2v) is 6.73. The zero-order valence-electron chi connectivity index (χ0n) is 13.8. The summed E-state index contributed by atoms with van der Waals surface area (Å²) in [5, 5.41) is 14.7. The van der Waals surface area contributed by atoms with Crippen LogP contribution in [-0.4, -0.2) is 56.3 Å². The summed E-state index contributed by atoms with van der Waals surface area (Å²) in [4.78, 5) is 6.80. The van der Waals surface area contributed by atoms with Crippen molar-refractivity contribution in [2.45, 2.75) is 40.2 Å². The van der Waals surface area contributed by atoms with Crippen molar-refractivity contribution < 1.29 is 4.74 Å². The highest BCUT2D eigenvalue weighted by Gasteiger charge is 2.16. The molecule has 1 heterocycles. The fourth-order valence-electron chi connectivity index (χ4n) is 2.51. The molecular weight excluding hydrogens is 266 g/mol. The molecule has 0 bridgehead atoms.